The molecule has 0 saturated heterocycles. The molecule has 1 aromatic carbocycles. The summed E-state index contributed by atoms with van der Waals surface area (Å²) >= 11 is 0. The lowest BCUT2D eigenvalue weighted by molar-refractivity contribution is -0.117. The van der Waals surface area contributed by atoms with E-state index in [4.69, 9.17) is 4.74 Å². The van der Waals surface area contributed by atoms with Gasteiger partial charge in [0.05, 0.1) is 0 Å². The lowest BCUT2D eigenvalue weighted by atomic mass is 9.98. The summed E-state index contributed by atoms with van der Waals surface area (Å²) in [5.41, 5.74) is 1.26. The molecule has 1 aromatic rings. The molecule has 2 rings (SSSR count). The van der Waals surface area contributed by atoms with Gasteiger partial charge in [-0.1, -0.05) is 32.0 Å². The van der Waals surface area contributed by atoms with E-state index in [-0.39, 0.29) is 6.10 Å². The van der Waals surface area contributed by atoms with Crippen LogP contribution in [0.3, 0.4) is 0 Å². The summed E-state index contributed by atoms with van der Waals surface area (Å²) in [5, 5.41) is 0. The second kappa shape index (κ2) is 5.35. The van der Waals surface area contributed by atoms with Gasteiger partial charge in [-0.25, -0.2) is 0 Å². The Hall–Kier alpha value is -1.31. The van der Waals surface area contributed by atoms with Crippen LogP contribution in [0.15, 0.2) is 24.3 Å². The normalized spacial score (nSPS) is 21.5. The molecule has 0 aliphatic heterocycles. The molecule has 92 valence electrons. The number of hydrogen-bond acceptors (Lipinski definition) is 2. The predicted molar refractivity (Wildman–Crippen MR) is 68.4 cm³/mol. The van der Waals surface area contributed by atoms with Gasteiger partial charge in [0.15, 0.2) is 0 Å². The summed E-state index contributed by atoms with van der Waals surface area (Å²) in [4.78, 5) is 11.2. The van der Waals surface area contributed by atoms with Crippen LogP contribution in [0.4, 0.5) is 0 Å². The summed E-state index contributed by atoms with van der Waals surface area (Å²) in [5.74, 6) is 1.79. The number of hydrogen-bond donors (Lipinski definition) is 0. The van der Waals surface area contributed by atoms with Crippen molar-refractivity contribution in [2.75, 3.05) is 0 Å². The maximum Gasteiger partial charge on any atom is 0.136 e. The number of ketones is 1. The Morgan fingerprint density at radius 2 is 2.18 bits per heavy atom. The topological polar surface area (TPSA) is 26.3 Å². The van der Waals surface area contributed by atoms with Gasteiger partial charge in [0, 0.05) is 12.8 Å². The average molecular weight is 232 g/mol. The molecule has 0 bridgehead atoms. The Balaban J connectivity index is 2.12. The van der Waals surface area contributed by atoms with E-state index in [1.54, 1.807) is 0 Å². The second-order valence-corrected chi connectivity index (χ2v) is 4.87. The Bertz CT molecular complexity index is 398. The van der Waals surface area contributed by atoms with Crippen molar-refractivity contribution in [3.8, 4) is 5.75 Å². The van der Waals surface area contributed by atoms with Gasteiger partial charge in [0.2, 0.25) is 0 Å². The summed E-state index contributed by atoms with van der Waals surface area (Å²) in [6.45, 7) is 4.39. The fourth-order valence-corrected chi connectivity index (χ4v) is 2.28. The zero-order chi connectivity index (χ0) is 12.3. The maximum atomic E-state index is 11.2. The smallest absolute Gasteiger partial charge is 0.136 e. The molecular weight excluding hydrogens is 212 g/mol. The molecule has 0 spiro atoms. The van der Waals surface area contributed by atoms with E-state index >= 15 is 0 Å². The number of carbonyl (C=O) groups is 1. The highest BCUT2D eigenvalue weighted by Crippen LogP contribution is 2.31. The van der Waals surface area contributed by atoms with E-state index in [1.807, 2.05) is 18.2 Å². The van der Waals surface area contributed by atoms with E-state index in [2.05, 4.69) is 19.9 Å². The number of carbonyl (C=O) groups excluding carboxylic acids is 1. The highest BCUT2D eigenvalue weighted by Gasteiger charge is 2.24. The first-order valence-corrected chi connectivity index (χ1v) is 6.48. The molecule has 0 N–H and O–H groups in total. The summed E-state index contributed by atoms with van der Waals surface area (Å²) < 4.78 is 5.98. The molecule has 2 atom stereocenters. The van der Waals surface area contributed by atoms with Crippen molar-refractivity contribution in [1.82, 2.24) is 0 Å². The van der Waals surface area contributed by atoms with Crippen molar-refractivity contribution in [3.05, 3.63) is 29.8 Å². The SMILES string of the molecule is CCC(C)c1ccccc1OC1CCC(=O)C1. The van der Waals surface area contributed by atoms with E-state index < -0.39 is 0 Å². The van der Waals surface area contributed by atoms with Crippen molar-refractivity contribution >= 4 is 5.78 Å². The van der Waals surface area contributed by atoms with Crippen LogP contribution in [-0.2, 0) is 4.79 Å². The van der Waals surface area contributed by atoms with E-state index in [0.717, 1.165) is 18.6 Å². The van der Waals surface area contributed by atoms with Gasteiger partial charge in [0.1, 0.15) is 17.6 Å². The number of Topliss-reactive ketones (excluding diaryl/α,β-unsaturated/α-hetero) is 1. The monoisotopic (exact) mass is 232 g/mol. The minimum atomic E-state index is 0.0905. The molecule has 1 saturated carbocycles. The molecule has 0 heterocycles. The number of rotatable bonds is 4. The first-order valence-electron chi connectivity index (χ1n) is 6.48. The van der Waals surface area contributed by atoms with Crippen LogP contribution < -0.4 is 4.74 Å². The zero-order valence-electron chi connectivity index (χ0n) is 10.6. The van der Waals surface area contributed by atoms with Crippen LogP contribution >= 0.6 is 0 Å². The first-order chi connectivity index (χ1) is 8.20. The van der Waals surface area contributed by atoms with E-state index in [9.17, 15) is 4.79 Å². The Morgan fingerprint density at radius 1 is 1.41 bits per heavy atom. The molecule has 2 heteroatoms. The molecule has 17 heavy (non-hydrogen) atoms. The minimum Gasteiger partial charge on any atom is -0.490 e. The fourth-order valence-electron chi connectivity index (χ4n) is 2.28. The third kappa shape index (κ3) is 2.87. The maximum absolute atomic E-state index is 11.2. The van der Waals surface area contributed by atoms with Gasteiger partial charge < -0.3 is 4.74 Å². The molecule has 0 radical (unpaired) electrons. The van der Waals surface area contributed by atoms with E-state index in [0.29, 0.717) is 24.5 Å². The van der Waals surface area contributed by atoms with Gasteiger partial charge in [-0.3, -0.25) is 4.79 Å². The molecule has 0 aromatic heterocycles. The van der Waals surface area contributed by atoms with Gasteiger partial charge in [-0.2, -0.15) is 0 Å². The van der Waals surface area contributed by atoms with Crippen molar-refractivity contribution in [2.24, 2.45) is 0 Å². The van der Waals surface area contributed by atoms with Gasteiger partial charge in [-0.15, -0.1) is 0 Å². The van der Waals surface area contributed by atoms with Crippen molar-refractivity contribution < 1.29 is 9.53 Å². The first kappa shape index (κ1) is 12.2. The molecule has 1 fully saturated rings. The number of ether oxygens (including phenoxy) is 1. The van der Waals surface area contributed by atoms with Crippen molar-refractivity contribution in [2.45, 2.75) is 51.6 Å². The minimum absolute atomic E-state index is 0.0905. The van der Waals surface area contributed by atoms with Crippen LogP contribution in [0.1, 0.15) is 51.0 Å². The fraction of sp³-hybridized carbons (Fsp3) is 0.533. The highest BCUT2D eigenvalue weighted by atomic mass is 16.5. The Labute approximate surface area is 103 Å². The highest BCUT2D eigenvalue weighted by molar-refractivity contribution is 5.81. The summed E-state index contributed by atoms with van der Waals surface area (Å²) in [6.07, 6.45) is 3.32. The van der Waals surface area contributed by atoms with Crippen LogP contribution in [0, 0.1) is 0 Å². The quantitative estimate of drug-likeness (QED) is 0.791. The predicted octanol–water partition coefficient (Wildman–Crippen LogP) is 3.70. The lowest BCUT2D eigenvalue weighted by Crippen LogP contribution is -2.13. The molecule has 1 aliphatic carbocycles. The van der Waals surface area contributed by atoms with Crippen molar-refractivity contribution in [3.63, 3.8) is 0 Å². The molecule has 2 unspecified atom stereocenters. The van der Waals surface area contributed by atoms with Crippen LogP contribution in [-0.4, -0.2) is 11.9 Å². The van der Waals surface area contributed by atoms with Gasteiger partial charge in [0.25, 0.3) is 0 Å². The second-order valence-electron chi connectivity index (χ2n) is 4.87. The van der Waals surface area contributed by atoms with E-state index in [1.165, 1.54) is 5.56 Å². The Morgan fingerprint density at radius 3 is 2.82 bits per heavy atom. The zero-order valence-corrected chi connectivity index (χ0v) is 10.6. The molecule has 1 aliphatic rings. The number of para-hydroxylation sites is 1. The summed E-state index contributed by atoms with van der Waals surface area (Å²) in [7, 11) is 0. The molecule has 0 amide bonds. The standard InChI is InChI=1S/C15H20O2/c1-3-11(2)14-6-4-5-7-15(14)17-13-9-8-12(16)10-13/h4-7,11,13H,3,8-10H2,1-2H3. The van der Waals surface area contributed by atoms with Crippen LogP contribution in [0.5, 0.6) is 5.75 Å². The van der Waals surface area contributed by atoms with Crippen LogP contribution in [0.2, 0.25) is 0 Å². The molecule has 2 nitrogen and oxygen atoms in total. The van der Waals surface area contributed by atoms with Gasteiger partial charge >= 0.3 is 0 Å². The van der Waals surface area contributed by atoms with Gasteiger partial charge in [-0.05, 0) is 30.4 Å². The Kier molecular flexibility index (Phi) is 3.82. The van der Waals surface area contributed by atoms with Crippen LogP contribution in [0.25, 0.3) is 0 Å². The third-order valence-corrected chi connectivity index (χ3v) is 3.56. The molecular formula is C15H20O2. The third-order valence-electron chi connectivity index (χ3n) is 3.56. The lowest BCUT2D eigenvalue weighted by Gasteiger charge is -2.18. The average Bonchev–Trinajstić information content (AvgIpc) is 2.74. The largest absolute Gasteiger partial charge is 0.490 e. The summed E-state index contributed by atoms with van der Waals surface area (Å²) in [6, 6.07) is 8.19. The number of benzene rings is 1. The van der Waals surface area contributed by atoms with Crippen molar-refractivity contribution in [1.29, 1.82) is 0 Å².